The summed E-state index contributed by atoms with van der Waals surface area (Å²) in [4.78, 5) is 0. The molecule has 0 radical (unpaired) electrons. The molecule has 0 saturated carbocycles. The van der Waals surface area contributed by atoms with Gasteiger partial charge in [-0.2, -0.15) is 0 Å². The van der Waals surface area contributed by atoms with E-state index in [1.54, 1.807) is 0 Å². The molecular weight excluding hydrogens is 219 g/mol. The Morgan fingerprint density at radius 1 is 1.15 bits per heavy atom. The molecule has 0 unspecified atom stereocenters. The van der Waals surface area contributed by atoms with E-state index in [9.17, 15) is 4.57 Å². The second-order valence-electron chi connectivity index (χ2n) is 2.17. The van der Waals surface area contributed by atoms with E-state index in [1.165, 1.54) is 0 Å². The molecule has 1 aliphatic rings. The molecule has 13 heavy (non-hydrogen) atoms. The molecular formula is C6H18CaN2O3P+. The van der Waals surface area contributed by atoms with Crippen molar-refractivity contribution in [1.29, 1.82) is 0 Å². The van der Waals surface area contributed by atoms with Crippen molar-refractivity contribution >= 4 is 46.0 Å². The van der Waals surface area contributed by atoms with E-state index in [0.717, 1.165) is 12.8 Å². The van der Waals surface area contributed by atoms with Crippen LogP contribution in [0.1, 0.15) is 15.7 Å². The van der Waals surface area contributed by atoms with Gasteiger partial charge in [-0.25, -0.2) is 0 Å². The second kappa shape index (κ2) is 13.2. The van der Waals surface area contributed by atoms with Gasteiger partial charge in [0.2, 0.25) is 0 Å². The van der Waals surface area contributed by atoms with Crippen molar-refractivity contribution in [2.45, 2.75) is 12.8 Å². The van der Waals surface area contributed by atoms with E-state index in [-0.39, 0.29) is 40.6 Å². The molecule has 1 fully saturated rings. The Hall–Kier alpha value is 1.20. The van der Waals surface area contributed by atoms with Gasteiger partial charge in [-0.1, -0.05) is 0 Å². The topological polar surface area (TPSA) is 87.6 Å². The molecule has 0 spiro atoms. The zero-order valence-corrected chi connectivity index (χ0v) is 10.9. The van der Waals surface area contributed by atoms with Crippen LogP contribution in [-0.2, 0) is 13.6 Å². The summed E-state index contributed by atoms with van der Waals surface area (Å²) in [6.07, 6.45) is 1.92. The van der Waals surface area contributed by atoms with E-state index < -0.39 is 8.25 Å². The van der Waals surface area contributed by atoms with Crippen LogP contribution in [0, 0.1) is 0 Å². The van der Waals surface area contributed by atoms with Gasteiger partial charge in [0.05, 0.1) is 0 Å². The van der Waals surface area contributed by atoms with Crippen molar-refractivity contribution in [3.63, 3.8) is 0 Å². The molecule has 1 rings (SSSR count). The minimum absolute atomic E-state index is 0. The molecule has 76 valence electrons. The largest absolute Gasteiger partial charge is 2.00 e. The third-order valence-corrected chi connectivity index (χ3v) is 1.89. The molecule has 0 aromatic rings. The molecule has 0 aliphatic carbocycles. The fraction of sp³-hybridized carbons (Fsp3) is 1.00. The van der Waals surface area contributed by atoms with E-state index in [2.05, 4.69) is 9.05 Å². The first-order chi connectivity index (χ1) is 5.81. The van der Waals surface area contributed by atoms with Crippen LogP contribution in [0.5, 0.6) is 0 Å². The first-order valence-corrected chi connectivity index (χ1v) is 5.04. The minimum Gasteiger partial charge on any atom is -1.00 e. The summed E-state index contributed by atoms with van der Waals surface area (Å²) in [5.41, 5.74) is 9.81. The zero-order chi connectivity index (χ0) is 9.23. The van der Waals surface area contributed by atoms with Crippen LogP contribution >= 0.6 is 8.25 Å². The zero-order valence-electron chi connectivity index (χ0n) is 9.78. The Morgan fingerprint density at radius 2 is 1.54 bits per heavy atom. The number of nitrogens with two attached hydrogens (primary N) is 2. The third-order valence-electron chi connectivity index (χ3n) is 1.10. The predicted octanol–water partition coefficient (Wildman–Crippen LogP) is 0.219. The van der Waals surface area contributed by atoms with Crippen LogP contribution in [0.4, 0.5) is 0 Å². The summed E-state index contributed by atoms with van der Waals surface area (Å²) in [7, 11) is -1.77. The molecule has 5 nitrogen and oxygen atoms in total. The van der Waals surface area contributed by atoms with Crippen molar-refractivity contribution < 1.29 is 16.5 Å². The van der Waals surface area contributed by atoms with Crippen LogP contribution in [-0.4, -0.2) is 64.0 Å². The Kier molecular flexibility index (Phi) is 16.9. The van der Waals surface area contributed by atoms with E-state index >= 15 is 0 Å². The van der Waals surface area contributed by atoms with E-state index in [0.29, 0.717) is 26.3 Å². The predicted molar refractivity (Wildman–Crippen MR) is 54.8 cm³/mol. The summed E-state index contributed by atoms with van der Waals surface area (Å²) in [6.45, 7) is 2.35. The van der Waals surface area contributed by atoms with E-state index in [1.807, 2.05) is 0 Å². The van der Waals surface area contributed by atoms with Crippen LogP contribution in [0.2, 0.25) is 0 Å². The molecule has 1 aliphatic heterocycles. The van der Waals surface area contributed by atoms with Gasteiger partial charge in [0.25, 0.3) is 0 Å². The van der Waals surface area contributed by atoms with Crippen molar-refractivity contribution in [3.8, 4) is 0 Å². The molecule has 0 bridgehead atoms. The smallest absolute Gasteiger partial charge is 1.00 e. The number of hydrogen-bond donors (Lipinski definition) is 2. The normalized spacial score (nSPS) is 16.3. The Morgan fingerprint density at radius 3 is 1.85 bits per heavy atom. The molecule has 0 aromatic heterocycles. The molecule has 4 N–H and O–H groups in total. The second-order valence-corrected chi connectivity index (χ2v) is 3.14. The fourth-order valence-corrected chi connectivity index (χ4v) is 1.15. The summed E-state index contributed by atoms with van der Waals surface area (Å²) in [6, 6.07) is 0. The molecule has 0 aromatic carbocycles. The maximum Gasteiger partial charge on any atom is 2.00 e. The monoisotopic (exact) mass is 237 g/mol. The summed E-state index contributed by atoms with van der Waals surface area (Å²) < 4.78 is 19.8. The minimum atomic E-state index is -1.77. The van der Waals surface area contributed by atoms with Crippen molar-refractivity contribution in [3.05, 3.63) is 0 Å². The van der Waals surface area contributed by atoms with Crippen LogP contribution in [0.3, 0.4) is 0 Å². The van der Waals surface area contributed by atoms with Gasteiger partial charge in [-0.05, 0) is 12.8 Å². The van der Waals surface area contributed by atoms with Gasteiger partial charge in [0.1, 0.15) is 13.2 Å². The first kappa shape index (κ1) is 16.6. The Bertz CT molecular complexity index is 125. The van der Waals surface area contributed by atoms with E-state index in [4.69, 9.17) is 11.5 Å². The summed E-state index contributed by atoms with van der Waals surface area (Å²) in [5.74, 6) is 0. The van der Waals surface area contributed by atoms with Gasteiger partial charge in [0.15, 0.2) is 0 Å². The molecule has 1 heterocycles. The van der Waals surface area contributed by atoms with Crippen molar-refractivity contribution in [1.82, 2.24) is 0 Å². The van der Waals surface area contributed by atoms with Crippen molar-refractivity contribution in [2.75, 3.05) is 26.3 Å². The fourth-order valence-electron chi connectivity index (χ4n) is 0.520. The summed E-state index contributed by atoms with van der Waals surface area (Å²) in [5, 5.41) is 0. The van der Waals surface area contributed by atoms with Crippen LogP contribution < -0.4 is 11.5 Å². The molecule has 0 amide bonds. The van der Waals surface area contributed by atoms with Crippen LogP contribution in [0.25, 0.3) is 0 Å². The van der Waals surface area contributed by atoms with Crippen LogP contribution in [0.15, 0.2) is 0 Å². The number of hydrogen-bond acceptors (Lipinski definition) is 5. The average Bonchev–Trinajstić information content (AvgIpc) is 2.33. The molecule has 7 heteroatoms. The standard InChI is InChI=1S/C4H8O3P.C2H8N2.Ca.2H/c5-8-6-3-1-2-4-7-8;3-1-2-4;;;/h1-4H2;1-4H2;;;/q+1;;+2;2*-1. The Labute approximate surface area is 112 Å². The van der Waals surface area contributed by atoms with Crippen molar-refractivity contribution in [2.24, 2.45) is 11.5 Å². The maximum atomic E-state index is 10.4. The van der Waals surface area contributed by atoms with Gasteiger partial charge in [-0.3, -0.25) is 0 Å². The maximum absolute atomic E-state index is 10.4. The SMILES string of the molecule is NCCN.O=[P+]1OCCCCO1.[Ca+2].[H-].[H-]. The van der Waals surface area contributed by atoms with Gasteiger partial charge < -0.3 is 14.3 Å². The molecule has 0 atom stereocenters. The summed E-state index contributed by atoms with van der Waals surface area (Å²) >= 11 is 0. The first-order valence-electron chi connectivity index (χ1n) is 3.94. The van der Waals surface area contributed by atoms with Gasteiger partial charge in [0, 0.05) is 17.7 Å². The Balaban J connectivity index is -0.0000000779. The average molecular weight is 237 g/mol. The van der Waals surface area contributed by atoms with Gasteiger partial charge >= 0.3 is 46.0 Å². The molecule has 1 saturated heterocycles. The quantitative estimate of drug-likeness (QED) is 0.503. The number of rotatable bonds is 1. The van der Waals surface area contributed by atoms with Gasteiger partial charge in [-0.15, -0.1) is 9.05 Å². The third kappa shape index (κ3) is 13.2.